The van der Waals surface area contributed by atoms with Crippen LogP contribution in [0, 0.1) is 0 Å². The predicted molar refractivity (Wildman–Crippen MR) is 97.0 cm³/mol. The Bertz CT molecular complexity index is 844. The van der Waals surface area contributed by atoms with Crippen molar-refractivity contribution < 1.29 is 23.8 Å². The second kappa shape index (κ2) is 8.01. The Kier molecular flexibility index (Phi) is 5.53. The average molecular weight is 355 g/mol. The van der Waals surface area contributed by atoms with Gasteiger partial charge in [-0.15, -0.1) is 0 Å². The number of esters is 1. The van der Waals surface area contributed by atoms with Crippen LogP contribution in [0.25, 0.3) is 16.7 Å². The minimum atomic E-state index is -0.887. The second-order valence-corrected chi connectivity index (χ2v) is 6.16. The predicted octanol–water partition coefficient (Wildman–Crippen LogP) is 3.39. The minimum Gasteiger partial charge on any atom is -0.495 e. The number of para-hydroxylation sites is 2. The molecule has 0 amide bonds. The van der Waals surface area contributed by atoms with Crippen LogP contribution in [0.4, 0.5) is 0 Å². The lowest BCUT2D eigenvalue weighted by molar-refractivity contribution is -0.142. The first-order valence-electron chi connectivity index (χ1n) is 8.42. The number of carbonyl (C=O) groups is 1. The molecule has 0 saturated heterocycles. The lowest BCUT2D eigenvalue weighted by atomic mass is 10.0. The molecule has 2 aromatic rings. The molecule has 0 fully saturated rings. The van der Waals surface area contributed by atoms with Crippen molar-refractivity contribution in [2.24, 2.45) is 0 Å². The number of hydrogen-bond acceptors (Lipinski definition) is 6. The number of benzene rings is 1. The van der Waals surface area contributed by atoms with Gasteiger partial charge in [-0.1, -0.05) is 24.8 Å². The Hall–Kier alpha value is -2.86. The quantitative estimate of drug-likeness (QED) is 0.606. The van der Waals surface area contributed by atoms with Gasteiger partial charge < -0.3 is 19.0 Å². The summed E-state index contributed by atoms with van der Waals surface area (Å²) in [5.41, 5.74) is 2.90. The number of ether oxygens (including phenoxy) is 2. The van der Waals surface area contributed by atoms with Crippen LogP contribution in [-0.4, -0.2) is 35.4 Å². The van der Waals surface area contributed by atoms with Gasteiger partial charge in [0.1, 0.15) is 24.8 Å². The Morgan fingerprint density at radius 3 is 2.81 bits per heavy atom. The van der Waals surface area contributed by atoms with Crippen LogP contribution in [0.1, 0.15) is 25.7 Å². The summed E-state index contributed by atoms with van der Waals surface area (Å²) in [6, 6.07) is 7.64. The number of carbonyl (C=O) groups excluding carboxylic acids is 1. The second-order valence-electron chi connectivity index (χ2n) is 6.16. The van der Waals surface area contributed by atoms with Gasteiger partial charge in [-0.3, -0.25) is 0 Å². The number of aliphatic hydroxyl groups is 1. The number of rotatable bonds is 7. The molecule has 1 unspecified atom stereocenters. The number of oxazole rings is 1. The number of aromatic nitrogens is 1. The molecule has 1 N–H and O–H groups in total. The molecule has 0 radical (unpaired) electrons. The smallest absolute Gasteiger partial charge is 0.333 e. The first kappa shape index (κ1) is 17.9. The fraction of sp³-hybridized carbons (Fsp3) is 0.300. The Morgan fingerprint density at radius 2 is 2.12 bits per heavy atom. The number of fused-ring (bicyclic) bond motifs is 1. The third-order valence-corrected chi connectivity index (χ3v) is 3.90. The Labute approximate surface area is 151 Å². The Balaban J connectivity index is 1.53. The van der Waals surface area contributed by atoms with Gasteiger partial charge in [-0.25, -0.2) is 9.78 Å². The molecule has 0 spiro atoms. The SMILES string of the molecule is C=C(C)C(=O)OCC(O)COC1=CC=C(c2nc3ccccc3o2)CC1. The van der Waals surface area contributed by atoms with E-state index in [1.54, 1.807) is 6.92 Å². The lowest BCUT2D eigenvalue weighted by Crippen LogP contribution is -2.24. The zero-order valence-corrected chi connectivity index (χ0v) is 14.6. The minimum absolute atomic E-state index is 0.0569. The van der Waals surface area contributed by atoms with E-state index in [0.29, 0.717) is 17.9 Å². The van der Waals surface area contributed by atoms with Gasteiger partial charge in [0.15, 0.2) is 5.58 Å². The van der Waals surface area contributed by atoms with Crippen molar-refractivity contribution >= 4 is 22.6 Å². The summed E-state index contributed by atoms with van der Waals surface area (Å²) in [5.74, 6) is 0.857. The van der Waals surface area contributed by atoms with Crippen molar-refractivity contribution in [2.75, 3.05) is 13.2 Å². The van der Waals surface area contributed by atoms with E-state index in [0.717, 1.165) is 28.9 Å². The standard InChI is InChI=1S/C20H21NO5/c1-13(2)20(23)25-12-15(22)11-24-16-9-7-14(8-10-16)19-21-17-5-3-4-6-18(17)26-19/h3-7,9,15,22H,1,8,10-12H2,2H3. The van der Waals surface area contributed by atoms with E-state index in [2.05, 4.69) is 11.6 Å². The molecule has 1 aromatic carbocycles. The number of allylic oxidation sites excluding steroid dienone is 4. The van der Waals surface area contributed by atoms with Crippen LogP contribution < -0.4 is 0 Å². The molecule has 6 heteroatoms. The van der Waals surface area contributed by atoms with Crippen molar-refractivity contribution in [3.63, 3.8) is 0 Å². The van der Waals surface area contributed by atoms with Crippen molar-refractivity contribution in [1.29, 1.82) is 0 Å². The van der Waals surface area contributed by atoms with Crippen LogP contribution in [-0.2, 0) is 14.3 Å². The molecule has 6 nitrogen and oxygen atoms in total. The first-order valence-corrected chi connectivity index (χ1v) is 8.42. The van der Waals surface area contributed by atoms with Gasteiger partial charge >= 0.3 is 5.97 Å². The molecule has 0 bridgehead atoms. The van der Waals surface area contributed by atoms with Crippen LogP contribution in [0.15, 0.2) is 58.7 Å². The molecule has 1 aliphatic rings. The molecular formula is C20H21NO5. The zero-order chi connectivity index (χ0) is 18.5. The Morgan fingerprint density at radius 1 is 1.31 bits per heavy atom. The van der Waals surface area contributed by atoms with Crippen molar-refractivity contribution in [3.05, 3.63) is 60.2 Å². The average Bonchev–Trinajstić information content (AvgIpc) is 3.09. The van der Waals surface area contributed by atoms with Crippen LogP contribution >= 0.6 is 0 Å². The van der Waals surface area contributed by atoms with Crippen LogP contribution in [0.2, 0.25) is 0 Å². The van der Waals surface area contributed by atoms with Crippen molar-refractivity contribution in [1.82, 2.24) is 4.98 Å². The molecule has 26 heavy (non-hydrogen) atoms. The van der Waals surface area contributed by atoms with Gasteiger partial charge in [-0.05, 0) is 31.6 Å². The van der Waals surface area contributed by atoms with E-state index in [1.165, 1.54) is 0 Å². The summed E-state index contributed by atoms with van der Waals surface area (Å²) in [4.78, 5) is 15.8. The van der Waals surface area contributed by atoms with Crippen LogP contribution in [0.3, 0.4) is 0 Å². The summed E-state index contributed by atoms with van der Waals surface area (Å²) in [5, 5.41) is 9.82. The monoisotopic (exact) mass is 355 g/mol. The molecule has 0 saturated carbocycles. The largest absolute Gasteiger partial charge is 0.495 e. The summed E-state index contributed by atoms with van der Waals surface area (Å²) < 4.78 is 16.2. The summed E-state index contributed by atoms with van der Waals surface area (Å²) in [6.07, 6.45) is 4.29. The van der Waals surface area contributed by atoms with Crippen molar-refractivity contribution in [3.8, 4) is 0 Å². The van der Waals surface area contributed by atoms with E-state index in [-0.39, 0.29) is 13.2 Å². The highest BCUT2D eigenvalue weighted by Gasteiger charge is 2.16. The summed E-state index contributed by atoms with van der Waals surface area (Å²) >= 11 is 0. The van der Waals surface area contributed by atoms with E-state index >= 15 is 0 Å². The molecule has 0 aliphatic heterocycles. The third kappa shape index (κ3) is 4.40. The lowest BCUT2D eigenvalue weighted by Gasteiger charge is -2.17. The molecular weight excluding hydrogens is 334 g/mol. The van der Waals surface area contributed by atoms with Gasteiger partial charge in [0, 0.05) is 17.6 Å². The number of nitrogens with zero attached hydrogens (tertiary/aromatic N) is 1. The van der Waals surface area contributed by atoms with Gasteiger partial charge in [0.05, 0.1) is 5.76 Å². The summed E-state index contributed by atoms with van der Waals surface area (Å²) in [7, 11) is 0. The first-order chi connectivity index (χ1) is 12.5. The zero-order valence-electron chi connectivity index (χ0n) is 14.6. The molecule has 136 valence electrons. The van der Waals surface area contributed by atoms with Crippen LogP contribution in [0.5, 0.6) is 0 Å². The molecule has 1 heterocycles. The van der Waals surface area contributed by atoms with E-state index in [9.17, 15) is 9.90 Å². The normalized spacial score (nSPS) is 15.2. The highest BCUT2D eigenvalue weighted by molar-refractivity contribution is 5.86. The van der Waals surface area contributed by atoms with E-state index in [4.69, 9.17) is 13.9 Å². The maximum atomic E-state index is 11.3. The number of hydrogen-bond donors (Lipinski definition) is 1. The maximum absolute atomic E-state index is 11.3. The van der Waals surface area contributed by atoms with Gasteiger partial charge in [0.2, 0.25) is 5.89 Å². The highest BCUT2D eigenvalue weighted by atomic mass is 16.5. The number of aliphatic hydroxyl groups excluding tert-OH is 1. The molecule has 1 aliphatic carbocycles. The fourth-order valence-electron chi connectivity index (χ4n) is 2.47. The van der Waals surface area contributed by atoms with E-state index < -0.39 is 12.1 Å². The van der Waals surface area contributed by atoms with E-state index in [1.807, 2.05) is 36.4 Å². The van der Waals surface area contributed by atoms with Gasteiger partial charge in [-0.2, -0.15) is 0 Å². The highest BCUT2D eigenvalue weighted by Crippen LogP contribution is 2.29. The maximum Gasteiger partial charge on any atom is 0.333 e. The fourth-order valence-corrected chi connectivity index (χ4v) is 2.47. The third-order valence-electron chi connectivity index (χ3n) is 3.90. The van der Waals surface area contributed by atoms with Crippen molar-refractivity contribution in [2.45, 2.75) is 25.9 Å². The molecule has 3 rings (SSSR count). The topological polar surface area (TPSA) is 81.8 Å². The van der Waals surface area contributed by atoms with Gasteiger partial charge in [0.25, 0.3) is 0 Å². The molecule has 1 aromatic heterocycles. The summed E-state index contributed by atoms with van der Waals surface area (Å²) in [6.45, 7) is 4.97. The molecule has 1 atom stereocenters.